The van der Waals surface area contributed by atoms with Crippen LogP contribution in [0, 0.1) is 0 Å². The lowest BCUT2D eigenvalue weighted by Crippen LogP contribution is -2.48. The van der Waals surface area contributed by atoms with Crippen LogP contribution in [0.25, 0.3) is 11.1 Å². The molecule has 0 radical (unpaired) electrons. The van der Waals surface area contributed by atoms with Crippen molar-refractivity contribution in [3.8, 4) is 11.1 Å². The third-order valence-electron chi connectivity index (χ3n) is 5.01. The van der Waals surface area contributed by atoms with Crippen molar-refractivity contribution in [2.75, 3.05) is 13.2 Å². The van der Waals surface area contributed by atoms with Crippen LogP contribution >= 0.6 is 0 Å². The molecular formula is C26H33NO5. The summed E-state index contributed by atoms with van der Waals surface area (Å²) in [6.45, 7) is 11.1. The molecule has 32 heavy (non-hydrogen) atoms. The molecule has 1 aliphatic rings. The van der Waals surface area contributed by atoms with E-state index in [9.17, 15) is 9.59 Å². The minimum absolute atomic E-state index is 0.0113. The molecule has 0 saturated heterocycles. The van der Waals surface area contributed by atoms with E-state index in [0.717, 1.165) is 22.3 Å². The molecule has 1 atom stereocenters. The van der Waals surface area contributed by atoms with Crippen molar-refractivity contribution in [2.24, 2.45) is 0 Å². The molecule has 2 aromatic rings. The Bertz CT molecular complexity index is 925. The van der Waals surface area contributed by atoms with Crippen molar-refractivity contribution in [1.82, 2.24) is 5.32 Å². The number of alkyl carbamates (subject to hydrolysis) is 1. The minimum Gasteiger partial charge on any atom is -0.458 e. The van der Waals surface area contributed by atoms with Gasteiger partial charge in [0.15, 0.2) is 6.04 Å². The van der Waals surface area contributed by atoms with E-state index in [1.54, 1.807) is 20.8 Å². The molecule has 0 aromatic heterocycles. The monoisotopic (exact) mass is 439 g/mol. The van der Waals surface area contributed by atoms with E-state index >= 15 is 0 Å². The summed E-state index contributed by atoms with van der Waals surface area (Å²) < 4.78 is 16.7. The van der Waals surface area contributed by atoms with Crippen LogP contribution in [-0.4, -0.2) is 42.5 Å². The van der Waals surface area contributed by atoms with Gasteiger partial charge in [-0.3, -0.25) is 0 Å². The first-order valence-corrected chi connectivity index (χ1v) is 10.9. The largest absolute Gasteiger partial charge is 0.458 e. The first kappa shape index (κ1) is 23.8. The van der Waals surface area contributed by atoms with Crippen LogP contribution in [0.15, 0.2) is 48.5 Å². The fourth-order valence-electron chi connectivity index (χ4n) is 3.66. The highest BCUT2D eigenvalue weighted by Crippen LogP contribution is 2.44. The van der Waals surface area contributed by atoms with Crippen LogP contribution in [-0.2, 0) is 19.0 Å². The zero-order valence-corrected chi connectivity index (χ0v) is 19.7. The molecule has 0 saturated carbocycles. The van der Waals surface area contributed by atoms with Gasteiger partial charge in [0.2, 0.25) is 0 Å². The summed E-state index contributed by atoms with van der Waals surface area (Å²) in [7, 11) is 0. The van der Waals surface area contributed by atoms with Gasteiger partial charge in [0.1, 0.15) is 12.2 Å². The summed E-state index contributed by atoms with van der Waals surface area (Å²) in [5.74, 6) is -0.616. The maximum absolute atomic E-state index is 12.6. The Morgan fingerprint density at radius 1 is 0.875 bits per heavy atom. The van der Waals surface area contributed by atoms with E-state index < -0.39 is 29.3 Å². The number of carbonyl (C=O) groups excluding carboxylic acids is 2. The van der Waals surface area contributed by atoms with E-state index in [4.69, 9.17) is 14.2 Å². The standard InChI is InChI=1S/C26H33NO5/c1-25(2,3)31-16-22(23(28)32-26(4,5)6)27-24(29)30-15-21-19-13-9-7-11-17(19)18-12-8-10-14-20(18)21/h7-14,21-22H,15-16H2,1-6H3,(H,27,29)/t22-/m0/s1. The van der Waals surface area contributed by atoms with Gasteiger partial charge in [0.25, 0.3) is 0 Å². The molecule has 3 rings (SSSR count). The molecule has 172 valence electrons. The van der Waals surface area contributed by atoms with Gasteiger partial charge in [-0.15, -0.1) is 0 Å². The number of fused-ring (bicyclic) bond motifs is 3. The fraction of sp³-hybridized carbons (Fsp3) is 0.462. The summed E-state index contributed by atoms with van der Waals surface area (Å²) >= 11 is 0. The lowest BCUT2D eigenvalue weighted by atomic mass is 9.98. The quantitative estimate of drug-likeness (QED) is 0.638. The van der Waals surface area contributed by atoms with Crippen molar-refractivity contribution < 1.29 is 23.8 Å². The van der Waals surface area contributed by atoms with Crippen molar-refractivity contribution in [3.63, 3.8) is 0 Å². The topological polar surface area (TPSA) is 73.9 Å². The lowest BCUT2D eigenvalue weighted by Gasteiger charge is -2.27. The van der Waals surface area contributed by atoms with E-state index in [1.165, 1.54) is 0 Å². The Hall–Kier alpha value is -2.86. The molecule has 0 heterocycles. The number of amides is 1. The third kappa shape index (κ3) is 6.10. The van der Waals surface area contributed by atoms with Gasteiger partial charge in [0.05, 0.1) is 12.2 Å². The Balaban J connectivity index is 1.68. The Labute approximate surface area is 190 Å². The SMILES string of the molecule is CC(C)(C)OC[C@H](NC(=O)OCC1c2ccccc2-c2ccccc21)C(=O)OC(C)(C)C. The van der Waals surface area contributed by atoms with E-state index in [1.807, 2.05) is 45.0 Å². The lowest BCUT2D eigenvalue weighted by molar-refractivity contribution is -0.160. The second-order valence-corrected chi connectivity index (χ2v) is 9.98. The molecule has 0 bridgehead atoms. The highest BCUT2D eigenvalue weighted by Gasteiger charge is 2.31. The summed E-state index contributed by atoms with van der Waals surface area (Å²) in [6.07, 6.45) is -0.680. The number of benzene rings is 2. The molecule has 0 unspecified atom stereocenters. The molecule has 1 N–H and O–H groups in total. The maximum Gasteiger partial charge on any atom is 0.407 e. The highest BCUT2D eigenvalue weighted by atomic mass is 16.6. The third-order valence-corrected chi connectivity index (χ3v) is 5.01. The number of rotatable bonds is 6. The predicted molar refractivity (Wildman–Crippen MR) is 124 cm³/mol. The first-order valence-electron chi connectivity index (χ1n) is 10.9. The molecule has 0 aliphatic heterocycles. The van der Waals surface area contributed by atoms with Crippen LogP contribution in [0.3, 0.4) is 0 Å². The summed E-state index contributed by atoms with van der Waals surface area (Å²) in [4.78, 5) is 25.3. The van der Waals surface area contributed by atoms with Crippen LogP contribution in [0.2, 0.25) is 0 Å². The average Bonchev–Trinajstić information content (AvgIpc) is 3.01. The minimum atomic E-state index is -0.968. The van der Waals surface area contributed by atoms with Crippen LogP contribution in [0.4, 0.5) is 4.79 Å². The Kier molecular flexibility index (Phi) is 6.94. The van der Waals surface area contributed by atoms with E-state index in [-0.39, 0.29) is 19.1 Å². The van der Waals surface area contributed by atoms with Crippen molar-refractivity contribution in [3.05, 3.63) is 59.7 Å². The molecule has 1 aliphatic carbocycles. The van der Waals surface area contributed by atoms with Crippen LogP contribution < -0.4 is 5.32 Å². The number of hydrogen-bond donors (Lipinski definition) is 1. The number of hydrogen-bond acceptors (Lipinski definition) is 5. The average molecular weight is 440 g/mol. The molecule has 6 nitrogen and oxygen atoms in total. The number of ether oxygens (including phenoxy) is 3. The predicted octanol–water partition coefficient (Wildman–Crippen LogP) is 5.05. The summed E-state index contributed by atoms with van der Waals surface area (Å²) in [6, 6.07) is 15.3. The van der Waals surface area contributed by atoms with Crippen LogP contribution in [0.1, 0.15) is 58.6 Å². The van der Waals surface area contributed by atoms with Gasteiger partial charge in [-0.1, -0.05) is 48.5 Å². The molecule has 6 heteroatoms. The first-order chi connectivity index (χ1) is 14.9. The zero-order valence-electron chi connectivity index (χ0n) is 19.7. The normalized spacial score (nSPS) is 14.3. The van der Waals surface area contributed by atoms with Gasteiger partial charge in [-0.05, 0) is 63.8 Å². The van der Waals surface area contributed by atoms with Gasteiger partial charge in [-0.25, -0.2) is 9.59 Å². The van der Waals surface area contributed by atoms with E-state index in [2.05, 4.69) is 29.6 Å². The molecule has 0 fully saturated rings. The molecule has 1 amide bonds. The maximum atomic E-state index is 12.6. The highest BCUT2D eigenvalue weighted by molar-refractivity contribution is 5.82. The van der Waals surface area contributed by atoms with Gasteiger partial charge >= 0.3 is 12.1 Å². The molecule has 0 spiro atoms. The van der Waals surface area contributed by atoms with Crippen molar-refractivity contribution >= 4 is 12.1 Å². The van der Waals surface area contributed by atoms with Gasteiger partial charge in [-0.2, -0.15) is 0 Å². The summed E-state index contributed by atoms with van der Waals surface area (Å²) in [5, 5.41) is 2.62. The van der Waals surface area contributed by atoms with E-state index in [0.29, 0.717) is 0 Å². The summed E-state index contributed by atoms with van der Waals surface area (Å²) in [5.41, 5.74) is 3.41. The number of nitrogens with one attached hydrogen (secondary N) is 1. The van der Waals surface area contributed by atoms with Crippen molar-refractivity contribution in [1.29, 1.82) is 0 Å². The van der Waals surface area contributed by atoms with Crippen molar-refractivity contribution in [2.45, 2.75) is 64.7 Å². The smallest absolute Gasteiger partial charge is 0.407 e. The Morgan fingerprint density at radius 2 is 1.41 bits per heavy atom. The second kappa shape index (κ2) is 9.33. The fourth-order valence-corrected chi connectivity index (χ4v) is 3.66. The molecular weight excluding hydrogens is 406 g/mol. The Morgan fingerprint density at radius 3 is 1.91 bits per heavy atom. The zero-order chi connectivity index (χ0) is 23.5. The second-order valence-electron chi connectivity index (χ2n) is 9.98. The molecule has 2 aromatic carbocycles. The number of carbonyl (C=O) groups is 2. The van der Waals surface area contributed by atoms with Gasteiger partial charge in [0, 0.05) is 5.92 Å². The van der Waals surface area contributed by atoms with Crippen LogP contribution in [0.5, 0.6) is 0 Å². The number of esters is 1. The van der Waals surface area contributed by atoms with Gasteiger partial charge < -0.3 is 19.5 Å².